The molecule has 0 aliphatic carbocycles. The highest BCUT2D eigenvalue weighted by Gasteiger charge is 2.38. The lowest BCUT2D eigenvalue weighted by atomic mass is 10.2. The molecule has 13 heteroatoms. The van der Waals surface area contributed by atoms with E-state index in [1.165, 1.54) is 24.1 Å². The van der Waals surface area contributed by atoms with Gasteiger partial charge in [-0.25, -0.2) is 9.36 Å². The van der Waals surface area contributed by atoms with Crippen molar-refractivity contribution in [2.45, 2.75) is 18.8 Å². The van der Waals surface area contributed by atoms with Crippen LogP contribution in [0.15, 0.2) is 36.7 Å². The second-order valence-corrected chi connectivity index (χ2v) is 5.65. The summed E-state index contributed by atoms with van der Waals surface area (Å²) in [5, 5.41) is 12.6. The Morgan fingerprint density at radius 2 is 1.97 bits per heavy atom. The van der Waals surface area contributed by atoms with Crippen LogP contribution in [-0.4, -0.2) is 52.3 Å². The van der Waals surface area contributed by atoms with Crippen molar-refractivity contribution in [1.29, 1.82) is 0 Å². The van der Waals surface area contributed by atoms with Gasteiger partial charge < -0.3 is 24.9 Å². The first-order chi connectivity index (χ1) is 13.6. The molecule has 0 aliphatic heterocycles. The van der Waals surface area contributed by atoms with E-state index in [1.54, 1.807) is 5.32 Å². The largest absolute Gasteiger partial charge is 0.471 e. The van der Waals surface area contributed by atoms with E-state index in [1.807, 2.05) is 0 Å². The second-order valence-electron chi connectivity index (χ2n) is 5.65. The Morgan fingerprint density at radius 1 is 1.31 bits per heavy atom. The number of nitro groups is 1. The molecule has 2 rings (SSSR count). The average Bonchev–Trinajstić information content (AvgIpc) is 3.10. The first-order valence-electron chi connectivity index (χ1n) is 7.95. The number of hydrogen-bond donors (Lipinski definition) is 1. The maximum atomic E-state index is 12.3. The third-order valence-corrected chi connectivity index (χ3v) is 3.52. The summed E-state index contributed by atoms with van der Waals surface area (Å²) in [7, 11) is 1.35. The van der Waals surface area contributed by atoms with Crippen molar-refractivity contribution in [2.75, 3.05) is 19.0 Å². The molecule has 156 valence electrons. The molecule has 1 amide bonds. The number of esters is 1. The highest BCUT2D eigenvalue weighted by molar-refractivity contribution is 5.95. The first-order valence-corrected chi connectivity index (χ1v) is 7.95. The van der Waals surface area contributed by atoms with Crippen molar-refractivity contribution in [2.24, 2.45) is 0 Å². The molecule has 0 aliphatic rings. The predicted octanol–water partition coefficient (Wildman–Crippen LogP) is 2.16. The summed E-state index contributed by atoms with van der Waals surface area (Å²) in [6, 6.07) is 4.54. The number of rotatable bonds is 8. The van der Waals surface area contributed by atoms with Gasteiger partial charge in [0.1, 0.15) is 18.9 Å². The lowest BCUT2D eigenvalue weighted by Crippen LogP contribution is -2.30. The molecule has 0 saturated carbocycles. The highest BCUT2D eigenvalue weighted by atomic mass is 19.4. The number of ether oxygens (including phenoxy) is 2. The molecule has 2 aromatic rings. The number of nitrogens with one attached hydrogen (secondary N) is 1. The summed E-state index contributed by atoms with van der Waals surface area (Å²) >= 11 is 0. The Hall–Kier alpha value is -3.48. The fourth-order valence-corrected chi connectivity index (χ4v) is 2.26. The van der Waals surface area contributed by atoms with Crippen LogP contribution < -0.4 is 5.32 Å². The number of imidazole rings is 1. The van der Waals surface area contributed by atoms with Gasteiger partial charge in [0.25, 0.3) is 0 Å². The number of aromatic nitrogens is 2. The molecule has 1 aromatic carbocycles. The third-order valence-electron chi connectivity index (χ3n) is 3.52. The average molecular weight is 416 g/mol. The summed E-state index contributed by atoms with van der Waals surface area (Å²) in [5.41, 5.74) is -0.164. The van der Waals surface area contributed by atoms with Gasteiger partial charge in [-0.2, -0.15) is 13.2 Å². The van der Waals surface area contributed by atoms with E-state index in [0.29, 0.717) is 0 Å². The molecule has 1 aromatic heterocycles. The van der Waals surface area contributed by atoms with Crippen molar-refractivity contribution >= 4 is 23.5 Å². The zero-order valence-electron chi connectivity index (χ0n) is 14.9. The molecule has 1 heterocycles. The summed E-state index contributed by atoms with van der Waals surface area (Å²) in [6.45, 7) is -0.170. The molecule has 1 atom stereocenters. The second kappa shape index (κ2) is 9.14. The molecule has 0 bridgehead atoms. The van der Waals surface area contributed by atoms with Gasteiger partial charge in [0.15, 0.2) is 6.10 Å². The summed E-state index contributed by atoms with van der Waals surface area (Å²) in [4.78, 5) is 37.0. The van der Waals surface area contributed by atoms with Gasteiger partial charge in [-0.3, -0.25) is 4.79 Å². The van der Waals surface area contributed by atoms with Crippen LogP contribution in [0, 0.1) is 10.1 Å². The van der Waals surface area contributed by atoms with Crippen molar-refractivity contribution < 1.29 is 37.2 Å². The van der Waals surface area contributed by atoms with E-state index in [-0.39, 0.29) is 24.4 Å². The Bertz CT molecular complexity index is 882. The molecular formula is C16H15F3N4O6. The lowest BCUT2D eigenvalue weighted by Gasteiger charge is -2.16. The number of nitrogens with zero attached hydrogens (tertiary/aromatic N) is 3. The van der Waals surface area contributed by atoms with E-state index in [9.17, 15) is 32.9 Å². The number of anilines is 1. The van der Waals surface area contributed by atoms with Gasteiger partial charge in [-0.15, -0.1) is 0 Å². The molecule has 0 saturated heterocycles. The van der Waals surface area contributed by atoms with Gasteiger partial charge in [-0.05, 0) is 29.2 Å². The number of amides is 1. The van der Waals surface area contributed by atoms with Gasteiger partial charge in [0.2, 0.25) is 0 Å². The van der Waals surface area contributed by atoms with Crippen molar-refractivity contribution in [3.8, 4) is 0 Å². The molecule has 0 unspecified atom stereocenters. The summed E-state index contributed by atoms with van der Waals surface area (Å²) < 4.78 is 48.1. The molecule has 1 N–H and O–H groups in total. The number of carbonyl (C=O) groups is 2. The number of benzene rings is 1. The molecule has 0 radical (unpaired) electrons. The summed E-state index contributed by atoms with van der Waals surface area (Å²) in [5.74, 6) is -3.41. The fraction of sp³-hybridized carbons (Fsp3) is 0.312. The normalized spacial score (nSPS) is 12.3. The predicted molar refractivity (Wildman–Crippen MR) is 91.1 cm³/mol. The Balaban J connectivity index is 2.05. The van der Waals surface area contributed by atoms with Crippen molar-refractivity contribution in [3.63, 3.8) is 0 Å². The van der Waals surface area contributed by atoms with E-state index < -0.39 is 35.0 Å². The topological polar surface area (TPSA) is 126 Å². The van der Waals surface area contributed by atoms with E-state index in [0.717, 1.165) is 24.3 Å². The zero-order valence-corrected chi connectivity index (χ0v) is 14.9. The Kier molecular flexibility index (Phi) is 6.88. The third kappa shape index (κ3) is 6.00. The molecule has 0 spiro atoms. The van der Waals surface area contributed by atoms with Crippen LogP contribution in [0.2, 0.25) is 0 Å². The molecule has 29 heavy (non-hydrogen) atoms. The van der Waals surface area contributed by atoms with Gasteiger partial charge >= 0.3 is 24.0 Å². The van der Waals surface area contributed by atoms with Crippen LogP contribution in [0.25, 0.3) is 0 Å². The standard InChI is InChI=1S/C16H15F3N4O6/c1-28-9-12(8-22-7-6-20-15(22)23(26)27)29-13(24)10-2-4-11(5-3-10)21-14(25)16(17,18)19/h2-7,12H,8-9H2,1H3,(H,21,25)/t12-/m1/s1. The monoisotopic (exact) mass is 416 g/mol. The number of halogens is 3. The van der Waals surface area contributed by atoms with Crippen LogP contribution in [0.3, 0.4) is 0 Å². The molecule has 0 fully saturated rings. The van der Waals surface area contributed by atoms with Crippen LogP contribution in [0.4, 0.5) is 24.8 Å². The lowest BCUT2D eigenvalue weighted by molar-refractivity contribution is -0.397. The SMILES string of the molecule is COC[C@@H](Cn1ccnc1[N+](=O)[O-])OC(=O)c1ccc(NC(=O)C(F)(F)F)cc1. The van der Waals surface area contributed by atoms with Gasteiger partial charge in [0.05, 0.1) is 12.2 Å². The Labute approximate surface area is 161 Å². The van der Waals surface area contributed by atoms with Gasteiger partial charge in [-0.1, -0.05) is 4.98 Å². The van der Waals surface area contributed by atoms with Crippen LogP contribution in [0.1, 0.15) is 10.4 Å². The molecule has 10 nitrogen and oxygen atoms in total. The van der Waals surface area contributed by atoms with E-state index in [4.69, 9.17) is 9.47 Å². The van der Waals surface area contributed by atoms with Crippen LogP contribution in [-0.2, 0) is 20.8 Å². The van der Waals surface area contributed by atoms with E-state index in [2.05, 4.69) is 4.98 Å². The maximum Gasteiger partial charge on any atom is 0.471 e. The highest BCUT2D eigenvalue weighted by Crippen LogP contribution is 2.19. The van der Waals surface area contributed by atoms with Crippen LogP contribution >= 0.6 is 0 Å². The molecular weight excluding hydrogens is 401 g/mol. The minimum absolute atomic E-state index is 0.00348. The number of carbonyl (C=O) groups excluding carboxylic acids is 2. The van der Waals surface area contributed by atoms with Crippen molar-refractivity contribution in [1.82, 2.24) is 9.55 Å². The zero-order chi connectivity index (χ0) is 21.6. The Morgan fingerprint density at radius 3 is 2.52 bits per heavy atom. The number of hydrogen-bond acceptors (Lipinski definition) is 7. The minimum Gasteiger partial charge on any atom is -0.453 e. The smallest absolute Gasteiger partial charge is 0.453 e. The number of methoxy groups -OCH3 is 1. The van der Waals surface area contributed by atoms with E-state index >= 15 is 0 Å². The summed E-state index contributed by atoms with van der Waals surface area (Å²) in [6.07, 6.45) is -3.38. The van der Waals surface area contributed by atoms with Crippen LogP contribution in [0.5, 0.6) is 0 Å². The quantitative estimate of drug-likeness (QED) is 0.397. The van der Waals surface area contributed by atoms with Crippen molar-refractivity contribution in [3.05, 3.63) is 52.3 Å². The fourth-order valence-electron chi connectivity index (χ4n) is 2.26. The maximum absolute atomic E-state index is 12.3. The van der Waals surface area contributed by atoms with Gasteiger partial charge in [0, 0.05) is 12.8 Å². The number of alkyl halides is 3. The first kappa shape index (κ1) is 21.8. The minimum atomic E-state index is -5.04.